The fraction of sp³-hybridized carbons (Fsp3) is 0.900. The molecule has 4 nitrogen and oxygen atoms in total. The summed E-state index contributed by atoms with van der Waals surface area (Å²) in [6, 6.07) is 0.109. The fourth-order valence-corrected chi connectivity index (χ4v) is 1.74. The third-order valence-electron chi connectivity index (χ3n) is 2.69. The molecule has 1 aliphatic rings. The number of hydrogen-bond donors (Lipinski definition) is 3. The van der Waals surface area contributed by atoms with Crippen molar-refractivity contribution in [2.45, 2.75) is 44.7 Å². The molecule has 0 bridgehead atoms. The molecular formula is C10H20N2O2. The molecule has 3 N–H and O–H groups in total. The van der Waals surface area contributed by atoms with Crippen LogP contribution in [0.15, 0.2) is 0 Å². The van der Waals surface area contributed by atoms with E-state index in [9.17, 15) is 4.79 Å². The Morgan fingerprint density at radius 1 is 1.71 bits per heavy atom. The third-order valence-corrected chi connectivity index (χ3v) is 2.69. The van der Waals surface area contributed by atoms with E-state index >= 15 is 0 Å². The first-order valence-corrected chi connectivity index (χ1v) is 5.42. The Balaban J connectivity index is 2.29. The highest BCUT2D eigenvalue weighted by atomic mass is 16.3. The van der Waals surface area contributed by atoms with Gasteiger partial charge in [-0.15, -0.1) is 0 Å². The summed E-state index contributed by atoms with van der Waals surface area (Å²) in [5.74, 6) is 0.0859. The van der Waals surface area contributed by atoms with Crippen LogP contribution in [0, 0.1) is 0 Å². The zero-order valence-electron chi connectivity index (χ0n) is 8.75. The van der Waals surface area contributed by atoms with Crippen LogP contribution in [0.5, 0.6) is 0 Å². The Bertz CT molecular complexity index is 179. The predicted molar refractivity (Wildman–Crippen MR) is 54.9 cm³/mol. The van der Waals surface area contributed by atoms with Crippen molar-refractivity contribution in [1.82, 2.24) is 10.6 Å². The van der Waals surface area contributed by atoms with Gasteiger partial charge in [0.15, 0.2) is 0 Å². The molecule has 0 radical (unpaired) electrons. The SMILES string of the molecule is CCC(CCO)NC(=O)C1CCCN1. The van der Waals surface area contributed by atoms with Crippen LogP contribution in [0.4, 0.5) is 0 Å². The lowest BCUT2D eigenvalue weighted by Gasteiger charge is -2.18. The maximum atomic E-state index is 11.6. The number of nitrogens with one attached hydrogen (secondary N) is 2. The molecule has 82 valence electrons. The van der Waals surface area contributed by atoms with E-state index in [1.807, 2.05) is 6.92 Å². The summed E-state index contributed by atoms with van der Waals surface area (Å²) in [6.07, 6.45) is 3.53. The molecule has 2 unspecified atom stereocenters. The Labute approximate surface area is 85.1 Å². The Hall–Kier alpha value is -0.610. The van der Waals surface area contributed by atoms with Crippen molar-refractivity contribution in [1.29, 1.82) is 0 Å². The molecule has 2 atom stereocenters. The fourth-order valence-electron chi connectivity index (χ4n) is 1.74. The summed E-state index contributed by atoms with van der Waals surface area (Å²) in [5.41, 5.74) is 0. The van der Waals surface area contributed by atoms with E-state index in [0.29, 0.717) is 6.42 Å². The molecule has 1 rings (SSSR count). The van der Waals surface area contributed by atoms with E-state index in [2.05, 4.69) is 10.6 Å². The summed E-state index contributed by atoms with van der Waals surface area (Å²) in [5, 5.41) is 14.9. The molecule has 1 heterocycles. The minimum Gasteiger partial charge on any atom is -0.396 e. The van der Waals surface area contributed by atoms with Crippen LogP contribution in [0.1, 0.15) is 32.6 Å². The van der Waals surface area contributed by atoms with Gasteiger partial charge >= 0.3 is 0 Å². The van der Waals surface area contributed by atoms with Gasteiger partial charge in [0.2, 0.25) is 5.91 Å². The van der Waals surface area contributed by atoms with Crippen molar-refractivity contribution >= 4 is 5.91 Å². The molecule has 0 aliphatic carbocycles. The van der Waals surface area contributed by atoms with Crippen molar-refractivity contribution in [3.63, 3.8) is 0 Å². The molecule has 0 aromatic rings. The molecular weight excluding hydrogens is 180 g/mol. The van der Waals surface area contributed by atoms with Crippen LogP contribution in [0.3, 0.4) is 0 Å². The van der Waals surface area contributed by atoms with Crippen molar-refractivity contribution in [3.05, 3.63) is 0 Å². The van der Waals surface area contributed by atoms with Crippen molar-refractivity contribution in [3.8, 4) is 0 Å². The molecule has 4 heteroatoms. The summed E-state index contributed by atoms with van der Waals surface area (Å²) in [4.78, 5) is 11.6. The zero-order chi connectivity index (χ0) is 10.4. The average molecular weight is 200 g/mol. The average Bonchev–Trinajstić information content (AvgIpc) is 2.69. The van der Waals surface area contributed by atoms with Crippen LogP contribution in [-0.2, 0) is 4.79 Å². The van der Waals surface area contributed by atoms with Gasteiger partial charge in [0.25, 0.3) is 0 Å². The minimum atomic E-state index is -0.0113. The quantitative estimate of drug-likeness (QED) is 0.586. The second-order valence-corrected chi connectivity index (χ2v) is 3.77. The van der Waals surface area contributed by atoms with Gasteiger partial charge in [-0.3, -0.25) is 4.79 Å². The van der Waals surface area contributed by atoms with E-state index in [1.54, 1.807) is 0 Å². The van der Waals surface area contributed by atoms with Crippen LogP contribution in [0.25, 0.3) is 0 Å². The van der Waals surface area contributed by atoms with Crippen LogP contribution in [0.2, 0.25) is 0 Å². The Morgan fingerprint density at radius 3 is 3.00 bits per heavy atom. The normalized spacial score (nSPS) is 23.4. The highest BCUT2D eigenvalue weighted by Crippen LogP contribution is 2.06. The van der Waals surface area contributed by atoms with Gasteiger partial charge < -0.3 is 15.7 Å². The van der Waals surface area contributed by atoms with E-state index < -0.39 is 0 Å². The van der Waals surface area contributed by atoms with E-state index in [0.717, 1.165) is 25.8 Å². The topological polar surface area (TPSA) is 61.4 Å². The number of carbonyl (C=O) groups is 1. The van der Waals surface area contributed by atoms with Gasteiger partial charge in [0.1, 0.15) is 0 Å². The molecule has 0 spiro atoms. The number of carbonyl (C=O) groups excluding carboxylic acids is 1. The lowest BCUT2D eigenvalue weighted by molar-refractivity contribution is -0.123. The van der Waals surface area contributed by atoms with Crippen LogP contribution < -0.4 is 10.6 Å². The standard InChI is InChI=1S/C10H20N2O2/c1-2-8(5-7-13)12-10(14)9-4-3-6-11-9/h8-9,11,13H,2-7H2,1H3,(H,12,14). The minimum absolute atomic E-state index is 0.0113. The first-order chi connectivity index (χ1) is 6.77. The molecule has 1 fully saturated rings. The molecule has 1 saturated heterocycles. The zero-order valence-corrected chi connectivity index (χ0v) is 8.75. The largest absolute Gasteiger partial charge is 0.396 e. The second-order valence-electron chi connectivity index (χ2n) is 3.77. The summed E-state index contributed by atoms with van der Waals surface area (Å²) < 4.78 is 0. The summed E-state index contributed by atoms with van der Waals surface area (Å²) >= 11 is 0. The third kappa shape index (κ3) is 3.27. The van der Waals surface area contributed by atoms with Crippen molar-refractivity contribution < 1.29 is 9.90 Å². The highest BCUT2D eigenvalue weighted by molar-refractivity contribution is 5.82. The van der Waals surface area contributed by atoms with Crippen molar-refractivity contribution in [2.75, 3.05) is 13.2 Å². The van der Waals surface area contributed by atoms with Gasteiger partial charge in [0, 0.05) is 12.6 Å². The molecule has 1 aliphatic heterocycles. The Kier molecular flexibility index (Phi) is 4.90. The lowest BCUT2D eigenvalue weighted by Crippen LogP contribution is -2.45. The second kappa shape index (κ2) is 5.98. The van der Waals surface area contributed by atoms with Gasteiger partial charge in [0.05, 0.1) is 6.04 Å². The number of aliphatic hydroxyl groups is 1. The van der Waals surface area contributed by atoms with Gasteiger partial charge in [-0.05, 0) is 32.2 Å². The summed E-state index contributed by atoms with van der Waals surface area (Å²) in [7, 11) is 0. The van der Waals surface area contributed by atoms with E-state index in [4.69, 9.17) is 5.11 Å². The number of amides is 1. The van der Waals surface area contributed by atoms with E-state index in [1.165, 1.54) is 0 Å². The maximum absolute atomic E-state index is 11.6. The molecule has 0 saturated carbocycles. The summed E-state index contributed by atoms with van der Waals surface area (Å²) in [6.45, 7) is 3.09. The van der Waals surface area contributed by atoms with Crippen molar-refractivity contribution in [2.24, 2.45) is 0 Å². The predicted octanol–water partition coefficient (Wildman–Crippen LogP) is 0.0156. The first-order valence-electron chi connectivity index (χ1n) is 5.42. The smallest absolute Gasteiger partial charge is 0.237 e. The Morgan fingerprint density at radius 2 is 2.50 bits per heavy atom. The first kappa shape index (κ1) is 11.5. The van der Waals surface area contributed by atoms with Gasteiger partial charge in [-0.25, -0.2) is 0 Å². The number of rotatable bonds is 5. The molecule has 14 heavy (non-hydrogen) atoms. The number of aliphatic hydroxyl groups excluding tert-OH is 1. The molecule has 0 aromatic heterocycles. The molecule has 0 aromatic carbocycles. The molecule has 1 amide bonds. The van der Waals surface area contributed by atoms with Crippen LogP contribution in [-0.4, -0.2) is 36.2 Å². The van der Waals surface area contributed by atoms with Gasteiger partial charge in [-0.2, -0.15) is 0 Å². The highest BCUT2D eigenvalue weighted by Gasteiger charge is 2.23. The van der Waals surface area contributed by atoms with Gasteiger partial charge in [-0.1, -0.05) is 6.92 Å². The lowest BCUT2D eigenvalue weighted by atomic mass is 10.1. The van der Waals surface area contributed by atoms with E-state index in [-0.39, 0.29) is 24.6 Å². The van der Waals surface area contributed by atoms with Crippen LogP contribution >= 0.6 is 0 Å². The monoisotopic (exact) mass is 200 g/mol. The maximum Gasteiger partial charge on any atom is 0.237 e. The number of hydrogen-bond acceptors (Lipinski definition) is 3.